The van der Waals surface area contributed by atoms with Crippen molar-refractivity contribution in [2.24, 2.45) is 0 Å². The number of hydrogen-bond acceptors (Lipinski definition) is 4. The second-order valence-electron chi connectivity index (χ2n) is 5.40. The fourth-order valence-corrected chi connectivity index (χ4v) is 2.49. The third kappa shape index (κ3) is 3.19. The van der Waals surface area contributed by atoms with Crippen LogP contribution in [0.3, 0.4) is 0 Å². The summed E-state index contributed by atoms with van der Waals surface area (Å²) in [6.07, 6.45) is 0.279. The number of H-pyrrole nitrogens is 1. The number of hydrogen-bond donors (Lipinski definition) is 2. The van der Waals surface area contributed by atoms with Crippen LogP contribution in [0.2, 0.25) is 0 Å². The lowest BCUT2D eigenvalue weighted by Gasteiger charge is -2.04. The molecule has 3 rings (SSSR count). The Morgan fingerprint density at radius 3 is 2.33 bits per heavy atom. The maximum Gasteiger partial charge on any atom is 0.328 e. The molecule has 0 aliphatic rings. The molecule has 24 heavy (non-hydrogen) atoms. The van der Waals surface area contributed by atoms with Gasteiger partial charge in [-0.15, -0.1) is 0 Å². The van der Waals surface area contributed by atoms with Gasteiger partial charge >= 0.3 is 5.69 Å². The van der Waals surface area contributed by atoms with E-state index < -0.39 is 10.6 Å². The Kier molecular flexibility index (Phi) is 4.15. The van der Waals surface area contributed by atoms with Crippen molar-refractivity contribution in [2.45, 2.75) is 13.0 Å². The summed E-state index contributed by atoms with van der Waals surface area (Å²) in [7, 11) is 0. The first-order chi connectivity index (χ1) is 11.5. The van der Waals surface area contributed by atoms with Crippen LogP contribution in [0, 0.1) is 10.1 Å². The van der Waals surface area contributed by atoms with E-state index in [9.17, 15) is 20.0 Å². The van der Waals surface area contributed by atoms with E-state index in [0.717, 1.165) is 11.1 Å². The normalized spacial score (nSPS) is 10.7. The summed E-state index contributed by atoms with van der Waals surface area (Å²) in [5.74, 6) is -0.123. The van der Waals surface area contributed by atoms with Gasteiger partial charge in [0.25, 0.3) is 5.69 Å². The van der Waals surface area contributed by atoms with E-state index in [4.69, 9.17) is 0 Å². The summed E-state index contributed by atoms with van der Waals surface area (Å²) in [5, 5.41) is 21.0. The van der Waals surface area contributed by atoms with Crippen molar-refractivity contribution < 1.29 is 10.0 Å². The van der Waals surface area contributed by atoms with Gasteiger partial charge in [0.15, 0.2) is 0 Å². The highest BCUT2D eigenvalue weighted by Gasteiger charge is 2.14. The van der Waals surface area contributed by atoms with Crippen LogP contribution in [-0.2, 0) is 13.0 Å². The molecule has 0 saturated heterocycles. The Labute approximate surface area is 137 Å². The SMILES string of the molecule is O=c1[nH]c(Cc2ccc([N+](=O)[O-])cc2)c(O)n1Cc1ccccc1. The lowest BCUT2D eigenvalue weighted by molar-refractivity contribution is -0.384. The maximum absolute atomic E-state index is 12.1. The minimum atomic E-state index is -0.473. The number of imidazole rings is 1. The summed E-state index contributed by atoms with van der Waals surface area (Å²) in [5.41, 5.74) is 1.64. The van der Waals surface area contributed by atoms with Crippen molar-refractivity contribution in [3.8, 4) is 5.88 Å². The molecule has 0 aliphatic carbocycles. The second-order valence-corrected chi connectivity index (χ2v) is 5.40. The van der Waals surface area contributed by atoms with E-state index in [2.05, 4.69) is 4.98 Å². The lowest BCUT2D eigenvalue weighted by atomic mass is 10.1. The zero-order chi connectivity index (χ0) is 17.1. The monoisotopic (exact) mass is 325 g/mol. The van der Waals surface area contributed by atoms with Crippen LogP contribution < -0.4 is 5.69 Å². The Hall–Kier alpha value is -3.35. The van der Waals surface area contributed by atoms with Crippen LogP contribution in [0.5, 0.6) is 5.88 Å². The number of benzene rings is 2. The van der Waals surface area contributed by atoms with E-state index in [0.29, 0.717) is 5.69 Å². The van der Waals surface area contributed by atoms with Crippen molar-refractivity contribution in [1.29, 1.82) is 0 Å². The highest BCUT2D eigenvalue weighted by Crippen LogP contribution is 2.20. The molecule has 0 radical (unpaired) electrons. The Morgan fingerprint density at radius 1 is 1.04 bits per heavy atom. The second kappa shape index (κ2) is 6.41. The molecule has 0 fully saturated rings. The third-order valence-corrected chi connectivity index (χ3v) is 3.74. The van der Waals surface area contributed by atoms with Gasteiger partial charge in [0.2, 0.25) is 5.88 Å². The van der Waals surface area contributed by atoms with Crippen molar-refractivity contribution in [3.63, 3.8) is 0 Å². The summed E-state index contributed by atoms with van der Waals surface area (Å²) in [6.45, 7) is 0.266. The van der Waals surface area contributed by atoms with Crippen LogP contribution in [0.25, 0.3) is 0 Å². The molecule has 122 valence electrons. The first-order valence-electron chi connectivity index (χ1n) is 7.32. The third-order valence-electron chi connectivity index (χ3n) is 3.74. The Bertz CT molecular complexity index is 911. The molecular weight excluding hydrogens is 310 g/mol. The predicted octanol–water partition coefficient (Wildman–Crippen LogP) is 2.43. The number of nitrogens with zero attached hydrogens (tertiary/aromatic N) is 2. The van der Waals surface area contributed by atoms with Gasteiger partial charge in [-0.05, 0) is 11.1 Å². The minimum Gasteiger partial charge on any atom is -0.493 e. The maximum atomic E-state index is 12.1. The van der Waals surface area contributed by atoms with Crippen molar-refractivity contribution in [3.05, 3.63) is 92.0 Å². The van der Waals surface area contributed by atoms with Crippen molar-refractivity contribution in [2.75, 3.05) is 0 Å². The number of aromatic hydroxyl groups is 1. The summed E-state index contributed by atoms with van der Waals surface area (Å²) >= 11 is 0. The van der Waals surface area contributed by atoms with Gasteiger partial charge in [-0.1, -0.05) is 42.5 Å². The van der Waals surface area contributed by atoms with Crippen LogP contribution in [0.15, 0.2) is 59.4 Å². The molecule has 0 aliphatic heterocycles. The molecule has 0 amide bonds. The van der Waals surface area contributed by atoms with Gasteiger partial charge in [0.05, 0.1) is 17.2 Å². The molecule has 7 nitrogen and oxygen atoms in total. The topological polar surface area (TPSA) is 101 Å². The Balaban J connectivity index is 1.83. The van der Waals surface area contributed by atoms with E-state index in [-0.39, 0.29) is 24.5 Å². The van der Waals surface area contributed by atoms with Gasteiger partial charge in [-0.2, -0.15) is 0 Å². The average molecular weight is 325 g/mol. The number of aromatic amines is 1. The van der Waals surface area contributed by atoms with Crippen LogP contribution in [0.4, 0.5) is 5.69 Å². The fraction of sp³-hybridized carbons (Fsp3) is 0.118. The summed E-state index contributed by atoms with van der Waals surface area (Å²) in [4.78, 5) is 24.9. The highest BCUT2D eigenvalue weighted by atomic mass is 16.6. The van der Waals surface area contributed by atoms with Crippen molar-refractivity contribution >= 4 is 5.69 Å². The quantitative estimate of drug-likeness (QED) is 0.555. The molecule has 0 spiro atoms. The number of nitrogens with one attached hydrogen (secondary N) is 1. The molecule has 0 atom stereocenters. The molecular formula is C17H15N3O4. The smallest absolute Gasteiger partial charge is 0.328 e. The zero-order valence-corrected chi connectivity index (χ0v) is 12.7. The molecule has 0 unspecified atom stereocenters. The van der Waals surface area contributed by atoms with Crippen LogP contribution in [-0.4, -0.2) is 19.6 Å². The van der Waals surface area contributed by atoms with Gasteiger partial charge in [-0.25, -0.2) is 4.79 Å². The molecule has 1 heterocycles. The van der Waals surface area contributed by atoms with E-state index in [1.54, 1.807) is 12.1 Å². The molecule has 0 saturated carbocycles. The minimum absolute atomic E-state index is 0.00175. The highest BCUT2D eigenvalue weighted by molar-refractivity contribution is 5.36. The first-order valence-corrected chi connectivity index (χ1v) is 7.32. The van der Waals surface area contributed by atoms with Gasteiger partial charge in [-0.3, -0.25) is 14.7 Å². The standard InChI is InChI=1S/C17H15N3O4/c21-16-15(10-12-6-8-14(9-7-12)20(23)24)18-17(22)19(16)11-13-4-2-1-3-5-13/h1-9,21H,10-11H2,(H,18,22). The molecule has 2 N–H and O–H groups in total. The summed E-state index contributed by atoms with van der Waals surface area (Å²) in [6, 6.07) is 15.3. The first kappa shape index (κ1) is 15.5. The molecule has 2 aromatic carbocycles. The number of rotatable bonds is 5. The molecule has 3 aromatic rings. The van der Waals surface area contributed by atoms with Crippen LogP contribution in [0.1, 0.15) is 16.8 Å². The number of aromatic nitrogens is 2. The summed E-state index contributed by atoms with van der Waals surface area (Å²) < 4.78 is 1.26. The van der Waals surface area contributed by atoms with E-state index >= 15 is 0 Å². The molecule has 7 heteroatoms. The molecule has 0 bridgehead atoms. The van der Waals surface area contributed by atoms with Crippen molar-refractivity contribution in [1.82, 2.24) is 9.55 Å². The molecule has 1 aromatic heterocycles. The number of nitro benzene ring substituents is 1. The predicted molar refractivity (Wildman–Crippen MR) is 88.2 cm³/mol. The van der Waals surface area contributed by atoms with Crippen LogP contribution >= 0.6 is 0 Å². The van der Waals surface area contributed by atoms with E-state index in [1.807, 2.05) is 30.3 Å². The Morgan fingerprint density at radius 2 is 1.71 bits per heavy atom. The van der Waals surface area contributed by atoms with Gasteiger partial charge in [0, 0.05) is 18.6 Å². The number of non-ortho nitro benzene ring substituents is 1. The zero-order valence-electron chi connectivity index (χ0n) is 12.7. The lowest BCUT2D eigenvalue weighted by Crippen LogP contribution is -2.17. The largest absolute Gasteiger partial charge is 0.493 e. The average Bonchev–Trinajstić information content (AvgIpc) is 2.84. The van der Waals surface area contributed by atoms with Gasteiger partial charge in [0.1, 0.15) is 0 Å². The fourth-order valence-electron chi connectivity index (χ4n) is 2.49. The number of nitro groups is 1. The van der Waals surface area contributed by atoms with Gasteiger partial charge < -0.3 is 10.1 Å². The van der Waals surface area contributed by atoms with E-state index in [1.165, 1.54) is 16.7 Å².